The maximum Gasteiger partial charge on any atom is 0.411 e. The third-order valence-corrected chi connectivity index (χ3v) is 15.4. The summed E-state index contributed by atoms with van der Waals surface area (Å²) in [5, 5.41) is 2.26. The highest BCUT2D eigenvalue weighted by Crippen LogP contribution is 2.55. The van der Waals surface area contributed by atoms with Crippen molar-refractivity contribution in [2.45, 2.75) is 81.4 Å². The number of fused-ring (bicyclic) bond motifs is 7. The molecule has 2 aromatic rings. The van der Waals surface area contributed by atoms with Crippen LogP contribution in [0.4, 0.5) is 9.59 Å². The summed E-state index contributed by atoms with van der Waals surface area (Å²) >= 11 is 0. The first-order valence-electron chi connectivity index (χ1n) is 15.0. The molecule has 8 atom stereocenters. The van der Waals surface area contributed by atoms with Crippen molar-refractivity contribution in [3.63, 3.8) is 0 Å². The van der Waals surface area contributed by atoms with Crippen molar-refractivity contribution in [1.29, 1.82) is 0 Å². The second kappa shape index (κ2) is 9.81. The number of rotatable bonds is 5. The summed E-state index contributed by atoms with van der Waals surface area (Å²) in [7, 11) is -1.48. The Bertz CT molecular complexity index is 1390. The number of nitrogens with zero attached hydrogens (tertiary/aromatic N) is 2. The van der Waals surface area contributed by atoms with Crippen LogP contribution in [-0.4, -0.2) is 79.6 Å². The Morgan fingerprint density at radius 1 is 0.952 bits per heavy atom. The Balaban J connectivity index is 1.26. The summed E-state index contributed by atoms with van der Waals surface area (Å²) in [6.07, 6.45) is 4.29. The lowest BCUT2D eigenvalue weighted by molar-refractivity contribution is -0.129. The molecule has 2 amide bonds. The summed E-state index contributed by atoms with van der Waals surface area (Å²) < 4.78 is 18.6. The van der Waals surface area contributed by atoms with Crippen molar-refractivity contribution in [1.82, 2.24) is 9.80 Å². The Morgan fingerprint density at radius 2 is 1.60 bits per heavy atom. The van der Waals surface area contributed by atoms with Gasteiger partial charge in [-0.05, 0) is 28.3 Å². The van der Waals surface area contributed by atoms with E-state index in [1.165, 1.54) is 17.5 Å². The molecule has 7 rings (SSSR count). The lowest BCUT2D eigenvalue weighted by atomic mass is 9.86. The van der Waals surface area contributed by atoms with Crippen LogP contribution in [0.5, 0.6) is 0 Å². The van der Waals surface area contributed by atoms with Crippen LogP contribution in [0.25, 0.3) is 0 Å². The highest BCUT2D eigenvalue weighted by atomic mass is 28.4. The number of piperidine rings is 1. The zero-order valence-corrected chi connectivity index (χ0v) is 25.5. The maximum absolute atomic E-state index is 13.6. The van der Waals surface area contributed by atoms with Gasteiger partial charge in [-0.3, -0.25) is 14.6 Å². The third kappa shape index (κ3) is 3.85. The van der Waals surface area contributed by atoms with Crippen molar-refractivity contribution in [3.05, 3.63) is 72.8 Å². The fourth-order valence-corrected chi connectivity index (χ4v) is 13.4. The van der Waals surface area contributed by atoms with Gasteiger partial charge in [-0.25, -0.2) is 9.59 Å². The Kier molecular flexibility index (Phi) is 6.40. The Morgan fingerprint density at radius 3 is 2.19 bits per heavy atom. The van der Waals surface area contributed by atoms with E-state index in [4.69, 9.17) is 13.9 Å². The van der Waals surface area contributed by atoms with Crippen molar-refractivity contribution < 1.29 is 28.3 Å². The first kappa shape index (κ1) is 27.4. The highest BCUT2D eigenvalue weighted by Gasteiger charge is 2.66. The monoisotopic (exact) mass is 586 g/mol. The van der Waals surface area contributed by atoms with Crippen LogP contribution in [-0.2, 0) is 18.7 Å². The molecule has 2 saturated carbocycles. The van der Waals surface area contributed by atoms with Gasteiger partial charge in [0.2, 0.25) is 0 Å². The average Bonchev–Trinajstić information content (AvgIpc) is 3.72. The zero-order valence-electron chi connectivity index (χ0n) is 24.5. The van der Waals surface area contributed by atoms with Gasteiger partial charge >= 0.3 is 12.2 Å². The smallest absolute Gasteiger partial charge is 0.411 e. The van der Waals surface area contributed by atoms with Crippen molar-refractivity contribution in [2.75, 3.05) is 7.11 Å². The molecule has 0 spiro atoms. The molecule has 5 aliphatic rings. The van der Waals surface area contributed by atoms with Gasteiger partial charge in [-0.2, -0.15) is 0 Å². The Labute approximate surface area is 247 Å². The molecule has 9 heteroatoms. The van der Waals surface area contributed by atoms with Gasteiger partial charge in [0.15, 0.2) is 5.78 Å². The van der Waals surface area contributed by atoms with E-state index in [1.54, 1.807) is 9.80 Å². The number of ketones is 1. The average molecular weight is 587 g/mol. The lowest BCUT2D eigenvalue weighted by Gasteiger charge is -2.48. The molecular formula is C33H38N2O6Si. The number of hydrogen-bond donors (Lipinski definition) is 0. The molecule has 8 nitrogen and oxygen atoms in total. The van der Waals surface area contributed by atoms with Gasteiger partial charge in [0.1, 0.15) is 12.1 Å². The van der Waals surface area contributed by atoms with Crippen LogP contribution in [0.2, 0.25) is 5.04 Å². The largest absolute Gasteiger partial charge is 0.453 e. The van der Waals surface area contributed by atoms with Gasteiger partial charge in [-0.15, -0.1) is 0 Å². The van der Waals surface area contributed by atoms with Crippen LogP contribution in [0.15, 0.2) is 72.8 Å². The van der Waals surface area contributed by atoms with Crippen LogP contribution in [0.1, 0.15) is 40.0 Å². The van der Waals surface area contributed by atoms with Gasteiger partial charge in [0.05, 0.1) is 31.3 Å². The summed E-state index contributed by atoms with van der Waals surface area (Å²) in [6.45, 7) is 6.82. The van der Waals surface area contributed by atoms with E-state index in [-0.39, 0.29) is 53.4 Å². The van der Waals surface area contributed by atoms with Gasteiger partial charge in [-0.1, -0.05) is 93.6 Å². The summed E-state index contributed by atoms with van der Waals surface area (Å²) in [6, 6.07) is 19.2. The van der Waals surface area contributed by atoms with Crippen molar-refractivity contribution in [3.8, 4) is 0 Å². The van der Waals surface area contributed by atoms with Gasteiger partial charge in [0, 0.05) is 18.3 Å². The second-order valence-corrected chi connectivity index (χ2v) is 17.6. The Hall–Kier alpha value is -3.43. The van der Waals surface area contributed by atoms with E-state index in [2.05, 4.69) is 69.3 Å². The van der Waals surface area contributed by atoms with E-state index in [0.29, 0.717) is 0 Å². The molecule has 0 aromatic heterocycles. The van der Waals surface area contributed by atoms with Crippen LogP contribution in [0.3, 0.4) is 0 Å². The van der Waals surface area contributed by atoms with Crippen LogP contribution < -0.4 is 10.4 Å². The topological polar surface area (TPSA) is 85.4 Å². The molecule has 3 heterocycles. The predicted molar refractivity (Wildman–Crippen MR) is 159 cm³/mol. The van der Waals surface area contributed by atoms with Gasteiger partial charge < -0.3 is 13.9 Å². The molecule has 2 saturated heterocycles. The summed E-state index contributed by atoms with van der Waals surface area (Å²) in [5.74, 6) is 0.148. The molecule has 0 N–H and O–H groups in total. The first-order chi connectivity index (χ1) is 20.2. The second-order valence-electron chi connectivity index (χ2n) is 13.4. The zero-order chi connectivity index (χ0) is 29.4. The maximum atomic E-state index is 13.6. The third-order valence-electron chi connectivity index (χ3n) is 10.3. The quantitative estimate of drug-likeness (QED) is 0.391. The number of benzene rings is 2. The minimum Gasteiger partial charge on any atom is -0.453 e. The van der Waals surface area contributed by atoms with E-state index >= 15 is 0 Å². The SMILES string of the molecule is COC(=O)N1[C@@H]2C=C[C@H]1CC(=O)[C@@H]2N1C(=O)O[C@@H]2[C@H]3C[C@@H]([C@@H]21)[C@@H](O[Si](c1ccccc1)(c1ccccc1)C(C)(C)C)C3. The van der Waals surface area contributed by atoms with E-state index in [9.17, 15) is 14.4 Å². The molecule has 0 radical (unpaired) electrons. The predicted octanol–water partition coefficient (Wildman–Crippen LogP) is 3.88. The number of hydrogen-bond acceptors (Lipinski definition) is 6. The van der Waals surface area contributed by atoms with Crippen LogP contribution in [0, 0.1) is 11.8 Å². The van der Waals surface area contributed by atoms with E-state index in [1.807, 2.05) is 24.3 Å². The number of ether oxygens (including phenoxy) is 2. The molecule has 42 heavy (non-hydrogen) atoms. The highest BCUT2D eigenvalue weighted by molar-refractivity contribution is 6.99. The normalized spacial score (nSPS) is 33.2. The number of amides is 2. The van der Waals surface area contributed by atoms with Crippen molar-refractivity contribution in [2.24, 2.45) is 11.8 Å². The fraction of sp³-hybridized carbons (Fsp3) is 0.485. The molecule has 2 aliphatic carbocycles. The minimum absolute atomic E-state index is 0.0237. The van der Waals surface area contributed by atoms with Gasteiger partial charge in [0.25, 0.3) is 8.32 Å². The molecule has 0 unspecified atom stereocenters. The molecular weight excluding hydrogens is 548 g/mol. The molecule has 4 fully saturated rings. The summed E-state index contributed by atoms with van der Waals surface area (Å²) in [5.41, 5.74) is 0. The number of Topliss-reactive ketones (excluding diaryl/α,β-unsaturated/α-hetero) is 1. The molecule has 3 aliphatic heterocycles. The molecule has 2 aromatic carbocycles. The number of carbonyl (C=O) groups is 3. The minimum atomic E-state index is -2.82. The molecule has 4 bridgehead atoms. The lowest BCUT2D eigenvalue weighted by Crippen LogP contribution is -2.69. The number of methoxy groups -OCH3 is 1. The fourth-order valence-electron chi connectivity index (χ4n) is 8.68. The van der Waals surface area contributed by atoms with Crippen LogP contribution >= 0.6 is 0 Å². The number of carbonyl (C=O) groups excluding carboxylic acids is 3. The standard InChI is InChI=1S/C33H38N2O6Si/c1-33(2,3)42(22-11-7-5-8-12-22,23-13-9-6-10-14-23)41-27-18-20-17-24(27)28-30(20)40-32(38)35(28)29-25-16-15-21(19-26(29)36)34(25)31(37)39-4/h5-16,20-21,24-25,27-30H,17-19H2,1-4H3/t20-,21-,24+,25+,27-,28-,29+,30+/m0/s1. The molecule has 220 valence electrons. The van der Waals surface area contributed by atoms with E-state index < -0.39 is 32.6 Å². The first-order valence-corrected chi connectivity index (χ1v) is 16.9. The van der Waals surface area contributed by atoms with E-state index in [0.717, 1.165) is 12.8 Å². The van der Waals surface area contributed by atoms with Crippen molar-refractivity contribution >= 4 is 36.7 Å². The summed E-state index contributed by atoms with van der Waals surface area (Å²) in [4.78, 5) is 43.1.